The van der Waals surface area contributed by atoms with E-state index < -0.39 is 0 Å². The second-order valence-electron chi connectivity index (χ2n) is 6.64. The van der Waals surface area contributed by atoms with Crippen LogP contribution in [0.15, 0.2) is 72.8 Å². The lowest BCUT2D eigenvalue weighted by Crippen LogP contribution is -2.29. The molecule has 3 aromatic carbocycles. The van der Waals surface area contributed by atoms with E-state index >= 15 is 0 Å². The first-order valence-electron chi connectivity index (χ1n) is 9.04. The normalized spacial score (nSPS) is 10.1. The van der Waals surface area contributed by atoms with Crippen LogP contribution in [-0.4, -0.2) is 25.9 Å². The topological polar surface area (TPSA) is 99.5 Å². The van der Waals surface area contributed by atoms with Crippen molar-refractivity contribution in [2.45, 2.75) is 0 Å². The zero-order chi connectivity index (χ0) is 20.8. The first-order chi connectivity index (χ1) is 13.9. The lowest BCUT2D eigenvalue weighted by Gasteiger charge is -2.14. The number of nitrogens with zero attached hydrogens (tertiary/aromatic N) is 1. The molecule has 3 aromatic rings. The molecule has 5 N–H and O–H groups in total. The van der Waals surface area contributed by atoms with Crippen molar-refractivity contribution in [2.75, 3.05) is 35.5 Å². The van der Waals surface area contributed by atoms with Crippen LogP contribution in [0.2, 0.25) is 0 Å². The number of anilines is 4. The minimum atomic E-state index is -0.305. The maximum atomic E-state index is 12.4. The highest BCUT2D eigenvalue weighted by Crippen LogP contribution is 2.18. The number of hydrogen-bond donors (Lipinski definition) is 4. The molecule has 0 radical (unpaired) electrons. The number of benzene rings is 3. The molecule has 0 unspecified atom stereocenters. The van der Waals surface area contributed by atoms with Gasteiger partial charge in [-0.3, -0.25) is 20.4 Å². The Hall–Kier alpha value is -4.00. The number of hydrogen-bond acceptors (Lipinski definition) is 5. The Balaban J connectivity index is 1.58. The Labute approximate surface area is 169 Å². The quantitative estimate of drug-likeness (QED) is 0.383. The van der Waals surface area contributed by atoms with E-state index in [2.05, 4.69) is 16.2 Å². The Kier molecular flexibility index (Phi) is 5.99. The fraction of sp³-hybridized carbons (Fsp3) is 0.0909. The van der Waals surface area contributed by atoms with Gasteiger partial charge in [-0.25, -0.2) is 0 Å². The molecule has 0 aliphatic carbocycles. The number of nitrogen functional groups attached to an aromatic ring is 1. The SMILES string of the molecule is CN(C)c1ccc(NNC(=O)c2ccc(C(=O)Nc3ccccc3N)cc2)cc1. The highest BCUT2D eigenvalue weighted by atomic mass is 16.2. The molecule has 0 fully saturated rings. The molecule has 7 heteroatoms. The van der Waals surface area contributed by atoms with Gasteiger partial charge >= 0.3 is 0 Å². The van der Waals surface area contributed by atoms with Crippen molar-refractivity contribution in [3.05, 3.63) is 83.9 Å². The fourth-order valence-electron chi connectivity index (χ4n) is 2.62. The highest BCUT2D eigenvalue weighted by molar-refractivity contribution is 6.06. The molecule has 29 heavy (non-hydrogen) atoms. The largest absolute Gasteiger partial charge is 0.397 e. The van der Waals surface area contributed by atoms with E-state index in [9.17, 15) is 9.59 Å². The third-order valence-electron chi connectivity index (χ3n) is 4.32. The summed E-state index contributed by atoms with van der Waals surface area (Å²) in [5.74, 6) is -0.602. The van der Waals surface area contributed by atoms with Crippen LogP contribution in [0.3, 0.4) is 0 Å². The standard InChI is InChI=1S/C22H23N5O2/c1-27(2)18-13-11-17(12-14-18)25-26-22(29)16-9-7-15(8-10-16)21(28)24-20-6-4-3-5-19(20)23/h3-14,25H,23H2,1-2H3,(H,24,28)(H,26,29). The van der Waals surface area contributed by atoms with Gasteiger partial charge in [-0.1, -0.05) is 12.1 Å². The number of nitrogens with one attached hydrogen (secondary N) is 3. The molecule has 0 bridgehead atoms. The number of carbonyl (C=O) groups is 2. The first-order valence-corrected chi connectivity index (χ1v) is 9.04. The van der Waals surface area contributed by atoms with Crippen molar-refractivity contribution >= 4 is 34.6 Å². The lowest BCUT2D eigenvalue weighted by atomic mass is 10.1. The summed E-state index contributed by atoms with van der Waals surface area (Å²) in [7, 11) is 3.92. The number of carbonyl (C=O) groups excluding carboxylic acids is 2. The summed E-state index contributed by atoms with van der Waals surface area (Å²) < 4.78 is 0. The summed E-state index contributed by atoms with van der Waals surface area (Å²) >= 11 is 0. The highest BCUT2D eigenvalue weighted by Gasteiger charge is 2.10. The maximum absolute atomic E-state index is 12.4. The molecular formula is C22H23N5O2. The molecule has 2 amide bonds. The predicted octanol–water partition coefficient (Wildman–Crippen LogP) is 3.34. The van der Waals surface area contributed by atoms with Gasteiger partial charge in [0.2, 0.25) is 0 Å². The van der Waals surface area contributed by atoms with Gasteiger partial charge in [0.25, 0.3) is 11.8 Å². The summed E-state index contributed by atoms with van der Waals surface area (Å²) in [6, 6.07) is 21.0. The minimum absolute atomic E-state index is 0.297. The Morgan fingerprint density at radius 3 is 1.97 bits per heavy atom. The molecular weight excluding hydrogens is 366 g/mol. The monoisotopic (exact) mass is 389 g/mol. The lowest BCUT2D eigenvalue weighted by molar-refractivity contribution is 0.0960. The van der Waals surface area contributed by atoms with Crippen molar-refractivity contribution in [3.8, 4) is 0 Å². The molecule has 0 aliphatic heterocycles. The van der Waals surface area contributed by atoms with Crippen molar-refractivity contribution in [1.29, 1.82) is 0 Å². The van der Waals surface area contributed by atoms with Gasteiger partial charge in [-0.2, -0.15) is 0 Å². The first kappa shape index (κ1) is 19.8. The van der Waals surface area contributed by atoms with Gasteiger partial charge in [0.05, 0.1) is 17.1 Å². The van der Waals surface area contributed by atoms with Crippen LogP contribution in [0, 0.1) is 0 Å². The molecule has 0 spiro atoms. The van der Waals surface area contributed by atoms with E-state index in [-0.39, 0.29) is 11.8 Å². The Bertz CT molecular complexity index is 998. The van der Waals surface area contributed by atoms with Gasteiger partial charge in [-0.15, -0.1) is 0 Å². The minimum Gasteiger partial charge on any atom is -0.397 e. The van der Waals surface area contributed by atoms with Gasteiger partial charge in [0.15, 0.2) is 0 Å². The second kappa shape index (κ2) is 8.79. The third kappa shape index (κ3) is 5.04. The number of rotatable bonds is 6. The van der Waals surface area contributed by atoms with Crippen LogP contribution in [0.1, 0.15) is 20.7 Å². The van der Waals surface area contributed by atoms with Crippen molar-refractivity contribution in [1.82, 2.24) is 5.43 Å². The van der Waals surface area contributed by atoms with Gasteiger partial charge in [0, 0.05) is 30.9 Å². The van der Waals surface area contributed by atoms with E-state index in [4.69, 9.17) is 5.73 Å². The summed E-state index contributed by atoms with van der Waals surface area (Å²) in [5.41, 5.74) is 15.1. The van der Waals surface area contributed by atoms with Crippen LogP contribution in [0.5, 0.6) is 0 Å². The molecule has 7 nitrogen and oxygen atoms in total. The van der Waals surface area contributed by atoms with Gasteiger partial charge < -0.3 is 16.0 Å². The van der Waals surface area contributed by atoms with Crippen LogP contribution in [-0.2, 0) is 0 Å². The van der Waals surface area contributed by atoms with Crippen LogP contribution in [0.25, 0.3) is 0 Å². The van der Waals surface area contributed by atoms with E-state index in [1.165, 1.54) is 0 Å². The number of amides is 2. The van der Waals surface area contributed by atoms with Crippen LogP contribution >= 0.6 is 0 Å². The Morgan fingerprint density at radius 2 is 1.38 bits per heavy atom. The van der Waals surface area contributed by atoms with E-state index in [0.717, 1.165) is 11.4 Å². The molecule has 0 aromatic heterocycles. The predicted molar refractivity (Wildman–Crippen MR) is 117 cm³/mol. The fourth-order valence-corrected chi connectivity index (χ4v) is 2.62. The maximum Gasteiger partial charge on any atom is 0.269 e. The van der Waals surface area contributed by atoms with Gasteiger partial charge in [0.1, 0.15) is 0 Å². The molecule has 0 saturated heterocycles. The third-order valence-corrected chi connectivity index (χ3v) is 4.32. The number of nitrogens with two attached hydrogens (primary N) is 1. The van der Waals surface area contributed by atoms with Gasteiger partial charge in [-0.05, 0) is 60.7 Å². The van der Waals surface area contributed by atoms with Crippen molar-refractivity contribution < 1.29 is 9.59 Å². The second-order valence-corrected chi connectivity index (χ2v) is 6.64. The van der Waals surface area contributed by atoms with Crippen LogP contribution in [0.4, 0.5) is 22.7 Å². The average Bonchev–Trinajstić information content (AvgIpc) is 2.74. The molecule has 0 saturated carbocycles. The molecule has 0 heterocycles. The summed E-state index contributed by atoms with van der Waals surface area (Å²) in [5, 5.41) is 2.75. The number of para-hydroxylation sites is 2. The Morgan fingerprint density at radius 1 is 0.793 bits per heavy atom. The molecule has 3 rings (SSSR count). The molecule has 0 atom stereocenters. The summed E-state index contributed by atoms with van der Waals surface area (Å²) in [6.45, 7) is 0. The average molecular weight is 389 g/mol. The van der Waals surface area contributed by atoms with Crippen molar-refractivity contribution in [2.24, 2.45) is 0 Å². The summed E-state index contributed by atoms with van der Waals surface area (Å²) in [6.07, 6.45) is 0. The van der Waals surface area contributed by atoms with Crippen LogP contribution < -0.4 is 26.8 Å². The van der Waals surface area contributed by atoms with E-state index in [1.807, 2.05) is 43.3 Å². The van der Waals surface area contributed by atoms with Crippen molar-refractivity contribution in [3.63, 3.8) is 0 Å². The molecule has 148 valence electrons. The molecule has 0 aliphatic rings. The smallest absolute Gasteiger partial charge is 0.269 e. The van der Waals surface area contributed by atoms with E-state index in [0.29, 0.717) is 22.5 Å². The zero-order valence-electron chi connectivity index (χ0n) is 16.3. The summed E-state index contributed by atoms with van der Waals surface area (Å²) in [4.78, 5) is 26.7. The zero-order valence-corrected chi connectivity index (χ0v) is 16.3. The number of hydrazine groups is 1. The van der Waals surface area contributed by atoms with E-state index in [1.54, 1.807) is 48.5 Å².